The molecule has 3 atom stereocenters. The summed E-state index contributed by atoms with van der Waals surface area (Å²) in [5.41, 5.74) is 0.798. The number of rotatable bonds is 7. The van der Waals surface area contributed by atoms with Gasteiger partial charge in [0.05, 0.1) is 13.2 Å². The molecular weight excluding hydrogens is 246 g/mol. The molecule has 1 aromatic rings. The van der Waals surface area contributed by atoms with Crippen LogP contribution in [0.4, 0.5) is 0 Å². The molecule has 0 aliphatic heterocycles. The Morgan fingerprint density at radius 2 is 2.00 bits per heavy atom. The number of nitrogens with one attached hydrogen (secondary N) is 1. The Hall–Kier alpha value is -1.43. The third-order valence-electron chi connectivity index (χ3n) is 2.75. The van der Waals surface area contributed by atoms with E-state index in [9.17, 15) is 9.90 Å². The Kier molecular flexibility index (Phi) is 6.49. The molecule has 0 aliphatic carbocycles. The van der Waals surface area contributed by atoms with Gasteiger partial charge in [-0.1, -0.05) is 30.3 Å². The van der Waals surface area contributed by atoms with Gasteiger partial charge in [0.1, 0.15) is 6.23 Å². The first kappa shape index (κ1) is 15.6. The van der Waals surface area contributed by atoms with Gasteiger partial charge in [-0.25, -0.2) is 4.79 Å². The summed E-state index contributed by atoms with van der Waals surface area (Å²) in [7, 11) is 1.25. The summed E-state index contributed by atoms with van der Waals surface area (Å²) >= 11 is 0. The molecule has 3 unspecified atom stereocenters. The van der Waals surface area contributed by atoms with E-state index in [-0.39, 0.29) is 6.23 Å². The Labute approximate surface area is 113 Å². The molecule has 0 saturated heterocycles. The van der Waals surface area contributed by atoms with Crippen LogP contribution < -0.4 is 5.32 Å². The Morgan fingerprint density at radius 1 is 1.37 bits per heavy atom. The summed E-state index contributed by atoms with van der Waals surface area (Å²) in [6.45, 7) is 4.25. The van der Waals surface area contributed by atoms with E-state index >= 15 is 0 Å². The average molecular weight is 267 g/mol. The van der Waals surface area contributed by atoms with E-state index in [1.807, 2.05) is 44.2 Å². The minimum atomic E-state index is -1.28. The molecule has 0 amide bonds. The maximum Gasteiger partial charge on any atom is 0.336 e. The average Bonchev–Trinajstić information content (AvgIpc) is 2.44. The van der Waals surface area contributed by atoms with Crippen LogP contribution in [0.15, 0.2) is 30.3 Å². The van der Waals surface area contributed by atoms with Crippen molar-refractivity contribution in [2.24, 2.45) is 0 Å². The fourth-order valence-corrected chi connectivity index (χ4v) is 1.84. The van der Waals surface area contributed by atoms with Crippen molar-refractivity contribution in [2.75, 3.05) is 13.7 Å². The molecule has 19 heavy (non-hydrogen) atoms. The topological polar surface area (TPSA) is 67.8 Å². The largest absolute Gasteiger partial charge is 0.467 e. The molecule has 0 spiro atoms. The second-order valence-electron chi connectivity index (χ2n) is 4.12. The van der Waals surface area contributed by atoms with Gasteiger partial charge in [0.2, 0.25) is 0 Å². The van der Waals surface area contributed by atoms with Crippen LogP contribution in [0.1, 0.15) is 25.5 Å². The molecule has 1 rings (SSSR count). The Balaban J connectivity index is 2.88. The number of hydrogen-bond donors (Lipinski definition) is 2. The van der Waals surface area contributed by atoms with Gasteiger partial charge in [-0.3, -0.25) is 5.32 Å². The first-order valence-electron chi connectivity index (χ1n) is 6.28. The van der Waals surface area contributed by atoms with Crippen LogP contribution in [-0.4, -0.2) is 37.1 Å². The van der Waals surface area contributed by atoms with Gasteiger partial charge in [0.15, 0.2) is 6.10 Å². The van der Waals surface area contributed by atoms with Crippen LogP contribution in [0.3, 0.4) is 0 Å². The lowest BCUT2D eigenvalue weighted by molar-refractivity contribution is -0.152. The van der Waals surface area contributed by atoms with Crippen LogP contribution in [-0.2, 0) is 14.3 Å². The number of aliphatic hydroxyl groups is 1. The zero-order valence-electron chi connectivity index (χ0n) is 11.5. The van der Waals surface area contributed by atoms with Crippen molar-refractivity contribution in [3.05, 3.63) is 35.9 Å². The highest BCUT2D eigenvalue weighted by atomic mass is 16.5. The second kappa shape index (κ2) is 7.89. The summed E-state index contributed by atoms with van der Waals surface area (Å²) in [6, 6.07) is 8.66. The highest BCUT2D eigenvalue weighted by Gasteiger charge is 2.29. The highest BCUT2D eigenvalue weighted by Crippen LogP contribution is 2.18. The van der Waals surface area contributed by atoms with E-state index in [2.05, 4.69) is 10.1 Å². The van der Waals surface area contributed by atoms with Gasteiger partial charge in [0.25, 0.3) is 0 Å². The van der Waals surface area contributed by atoms with Gasteiger partial charge in [-0.05, 0) is 19.4 Å². The lowest BCUT2D eigenvalue weighted by atomic mass is 10.0. The monoisotopic (exact) mass is 267 g/mol. The molecular formula is C14H21NO4. The second-order valence-corrected chi connectivity index (χ2v) is 4.12. The number of carbonyl (C=O) groups excluding carboxylic acids is 1. The highest BCUT2D eigenvalue weighted by molar-refractivity contribution is 5.75. The fourth-order valence-electron chi connectivity index (χ4n) is 1.84. The van der Waals surface area contributed by atoms with Crippen LogP contribution in [0.2, 0.25) is 0 Å². The van der Waals surface area contributed by atoms with Crippen LogP contribution in [0.5, 0.6) is 0 Å². The molecule has 0 saturated carbocycles. The van der Waals surface area contributed by atoms with E-state index in [4.69, 9.17) is 4.74 Å². The fraction of sp³-hybridized carbons (Fsp3) is 0.500. The van der Waals surface area contributed by atoms with E-state index < -0.39 is 18.1 Å². The first-order valence-corrected chi connectivity index (χ1v) is 6.28. The SMILES string of the molecule is CCOC(C)NC(c1ccccc1)C(O)C(=O)OC. The smallest absolute Gasteiger partial charge is 0.336 e. The van der Waals surface area contributed by atoms with Crippen molar-refractivity contribution in [3.8, 4) is 0 Å². The molecule has 0 aliphatic rings. The minimum Gasteiger partial charge on any atom is -0.467 e. The number of ether oxygens (including phenoxy) is 2. The van der Waals surface area contributed by atoms with Crippen LogP contribution in [0.25, 0.3) is 0 Å². The van der Waals surface area contributed by atoms with Gasteiger partial charge in [-0.2, -0.15) is 0 Å². The molecule has 0 radical (unpaired) electrons. The Morgan fingerprint density at radius 3 is 2.53 bits per heavy atom. The van der Waals surface area contributed by atoms with Crippen molar-refractivity contribution >= 4 is 5.97 Å². The van der Waals surface area contributed by atoms with E-state index in [0.29, 0.717) is 6.61 Å². The van der Waals surface area contributed by atoms with Crippen molar-refractivity contribution in [3.63, 3.8) is 0 Å². The maximum atomic E-state index is 11.5. The molecule has 5 heteroatoms. The molecule has 5 nitrogen and oxygen atoms in total. The van der Waals surface area contributed by atoms with E-state index in [0.717, 1.165) is 5.56 Å². The molecule has 0 fully saturated rings. The first-order chi connectivity index (χ1) is 9.10. The van der Waals surface area contributed by atoms with Crippen molar-refractivity contribution in [2.45, 2.75) is 32.2 Å². The molecule has 0 heterocycles. The normalized spacial score (nSPS) is 15.6. The zero-order chi connectivity index (χ0) is 14.3. The summed E-state index contributed by atoms with van der Waals surface area (Å²) in [5, 5.41) is 13.1. The molecule has 106 valence electrons. The predicted molar refractivity (Wildman–Crippen MR) is 71.4 cm³/mol. The molecule has 2 N–H and O–H groups in total. The van der Waals surface area contributed by atoms with Gasteiger partial charge in [-0.15, -0.1) is 0 Å². The number of esters is 1. The van der Waals surface area contributed by atoms with Gasteiger partial charge < -0.3 is 14.6 Å². The number of hydrogen-bond acceptors (Lipinski definition) is 5. The number of methoxy groups -OCH3 is 1. The van der Waals surface area contributed by atoms with Crippen molar-refractivity contribution in [1.29, 1.82) is 0 Å². The predicted octanol–water partition coefficient (Wildman–Crippen LogP) is 1.23. The summed E-state index contributed by atoms with van der Waals surface area (Å²) in [5.74, 6) is -0.676. The summed E-state index contributed by atoms with van der Waals surface area (Å²) in [4.78, 5) is 11.5. The number of benzene rings is 1. The summed E-state index contributed by atoms with van der Waals surface area (Å²) in [6.07, 6.45) is -1.56. The minimum absolute atomic E-state index is 0.283. The van der Waals surface area contributed by atoms with Crippen LogP contribution >= 0.6 is 0 Å². The zero-order valence-corrected chi connectivity index (χ0v) is 11.5. The standard InChI is InChI=1S/C14H21NO4/c1-4-19-10(2)15-12(13(16)14(17)18-3)11-8-6-5-7-9-11/h5-10,12-13,15-16H,4H2,1-3H3. The molecule has 1 aromatic carbocycles. The van der Waals surface area contributed by atoms with Crippen molar-refractivity contribution in [1.82, 2.24) is 5.32 Å². The van der Waals surface area contributed by atoms with Crippen LogP contribution in [0, 0.1) is 0 Å². The van der Waals surface area contributed by atoms with E-state index in [1.165, 1.54) is 7.11 Å². The van der Waals surface area contributed by atoms with Gasteiger partial charge in [0, 0.05) is 6.61 Å². The third kappa shape index (κ3) is 4.63. The lowest BCUT2D eigenvalue weighted by Gasteiger charge is -2.26. The molecule has 0 aromatic heterocycles. The number of aliphatic hydroxyl groups excluding tert-OH is 1. The van der Waals surface area contributed by atoms with Gasteiger partial charge >= 0.3 is 5.97 Å². The quantitative estimate of drug-likeness (QED) is 0.574. The lowest BCUT2D eigenvalue weighted by Crippen LogP contribution is -2.42. The Bertz CT molecular complexity index is 382. The maximum absolute atomic E-state index is 11.5. The van der Waals surface area contributed by atoms with Crippen molar-refractivity contribution < 1.29 is 19.4 Å². The third-order valence-corrected chi connectivity index (χ3v) is 2.75. The van der Waals surface area contributed by atoms with E-state index in [1.54, 1.807) is 0 Å². The summed E-state index contributed by atoms with van der Waals surface area (Å²) < 4.78 is 9.97. The number of carbonyl (C=O) groups is 1. The molecule has 0 bridgehead atoms.